The van der Waals surface area contributed by atoms with E-state index in [4.69, 9.17) is 19.9 Å². The first-order chi connectivity index (χ1) is 17.4. The van der Waals surface area contributed by atoms with Crippen LogP contribution < -0.4 is 10.2 Å². The summed E-state index contributed by atoms with van der Waals surface area (Å²) in [7, 11) is 3.47. The van der Waals surface area contributed by atoms with Crippen LogP contribution in [0.15, 0.2) is 30.5 Å². The minimum Gasteiger partial charge on any atom is -0.465 e. The van der Waals surface area contributed by atoms with Gasteiger partial charge in [0.2, 0.25) is 5.95 Å². The van der Waals surface area contributed by atoms with Crippen molar-refractivity contribution in [3.63, 3.8) is 0 Å². The molecule has 11 heteroatoms. The molecule has 3 aromatic rings. The fraction of sp³-hybridized carbons (Fsp3) is 0.480. The van der Waals surface area contributed by atoms with Gasteiger partial charge in [0.25, 0.3) is 5.91 Å². The van der Waals surface area contributed by atoms with Gasteiger partial charge in [0.15, 0.2) is 6.23 Å². The zero-order chi connectivity index (χ0) is 25.2. The van der Waals surface area contributed by atoms with Crippen LogP contribution in [-0.2, 0) is 4.74 Å². The monoisotopic (exact) mass is 493 g/mol. The average molecular weight is 494 g/mol. The number of hydrogen-bond acceptors (Lipinski definition) is 7. The van der Waals surface area contributed by atoms with Crippen LogP contribution >= 0.6 is 0 Å². The summed E-state index contributed by atoms with van der Waals surface area (Å²) in [6, 6.07) is 7.41. The molecule has 2 N–H and O–H groups in total. The molecule has 0 saturated carbocycles. The molecule has 0 aliphatic carbocycles. The van der Waals surface area contributed by atoms with Crippen molar-refractivity contribution in [3.05, 3.63) is 36.0 Å². The number of nitrogens with zero attached hydrogens (tertiary/aromatic N) is 6. The number of rotatable bonds is 5. The number of piperidine rings is 1. The number of ether oxygens (including phenoxy) is 1. The molecule has 2 saturated heterocycles. The van der Waals surface area contributed by atoms with Gasteiger partial charge < -0.3 is 25.0 Å². The van der Waals surface area contributed by atoms with Gasteiger partial charge in [0.1, 0.15) is 5.69 Å². The third-order valence-electron chi connectivity index (χ3n) is 6.78. The predicted octanol–water partition coefficient (Wildman–Crippen LogP) is 3.13. The summed E-state index contributed by atoms with van der Waals surface area (Å²) < 4.78 is 7.95. The second-order valence-electron chi connectivity index (χ2n) is 9.50. The van der Waals surface area contributed by atoms with Crippen LogP contribution in [0.2, 0.25) is 0 Å². The van der Waals surface area contributed by atoms with Crippen LogP contribution in [0.25, 0.3) is 22.3 Å². The number of amides is 2. The maximum absolute atomic E-state index is 12.7. The Hall–Kier alpha value is -3.73. The van der Waals surface area contributed by atoms with Crippen LogP contribution in [0.3, 0.4) is 0 Å². The van der Waals surface area contributed by atoms with E-state index in [1.54, 1.807) is 25.2 Å². The standard InChI is InChI=1S/C25H31N7O4/c1-30(2)23(33)16-6-7-20-18(15-16)22(29-32(20)21-5-3-4-14-36-21)19-8-11-26-24(28-19)31-12-9-17(10-13-31)27-25(34)35/h6-8,11,15,17,21,27H,3-5,9-10,12-14H2,1-2H3,(H,34,35). The van der Waals surface area contributed by atoms with Crippen LogP contribution in [0, 0.1) is 0 Å². The van der Waals surface area contributed by atoms with Gasteiger partial charge in [-0.2, -0.15) is 5.10 Å². The van der Waals surface area contributed by atoms with Crippen LogP contribution in [0.5, 0.6) is 0 Å². The number of carboxylic acid groups (broad SMARTS) is 1. The van der Waals surface area contributed by atoms with Crippen LogP contribution in [0.4, 0.5) is 10.7 Å². The molecule has 0 spiro atoms. The minimum atomic E-state index is -0.997. The largest absolute Gasteiger partial charge is 0.465 e. The Labute approximate surface area is 209 Å². The molecule has 0 bridgehead atoms. The van der Waals surface area contributed by atoms with E-state index >= 15 is 0 Å². The minimum absolute atomic E-state index is 0.0651. The molecular weight excluding hydrogens is 462 g/mol. The van der Waals surface area contributed by atoms with Crippen molar-refractivity contribution >= 4 is 28.9 Å². The fourth-order valence-electron chi connectivity index (χ4n) is 4.89. The molecule has 1 aromatic carbocycles. The first-order valence-electron chi connectivity index (χ1n) is 12.3. The average Bonchev–Trinajstić information content (AvgIpc) is 3.28. The Morgan fingerprint density at radius 1 is 1.14 bits per heavy atom. The Kier molecular flexibility index (Phi) is 6.73. The highest BCUT2D eigenvalue weighted by Gasteiger charge is 2.25. The van der Waals surface area contributed by atoms with Gasteiger partial charge in [-0.25, -0.2) is 19.4 Å². The topological polar surface area (TPSA) is 126 Å². The SMILES string of the molecule is CN(C)C(=O)c1ccc2c(c1)c(-c1ccnc(N3CCC(NC(=O)O)CC3)n1)nn2C1CCCCO1. The number of benzene rings is 1. The molecule has 11 nitrogen and oxygen atoms in total. The quantitative estimate of drug-likeness (QED) is 0.555. The molecule has 2 aliphatic heterocycles. The lowest BCUT2D eigenvalue weighted by Gasteiger charge is -2.31. The zero-order valence-electron chi connectivity index (χ0n) is 20.6. The van der Waals surface area contributed by atoms with Gasteiger partial charge in [-0.15, -0.1) is 0 Å². The molecule has 36 heavy (non-hydrogen) atoms. The summed E-state index contributed by atoms with van der Waals surface area (Å²) in [5.74, 6) is 0.504. The Balaban J connectivity index is 1.51. The van der Waals surface area contributed by atoms with Crippen molar-refractivity contribution in [2.75, 3.05) is 38.7 Å². The maximum atomic E-state index is 12.7. The van der Waals surface area contributed by atoms with E-state index in [1.165, 1.54) is 0 Å². The summed E-state index contributed by atoms with van der Waals surface area (Å²) in [6.45, 7) is 2.00. The lowest BCUT2D eigenvalue weighted by atomic mass is 10.1. The number of aromatic nitrogens is 4. The lowest BCUT2D eigenvalue weighted by Crippen LogP contribution is -2.44. The molecule has 2 fully saturated rings. The molecule has 1 atom stereocenters. The van der Waals surface area contributed by atoms with Crippen molar-refractivity contribution in [1.29, 1.82) is 0 Å². The van der Waals surface area contributed by atoms with Gasteiger partial charge in [-0.1, -0.05) is 0 Å². The van der Waals surface area contributed by atoms with Gasteiger partial charge in [0.05, 0.1) is 11.2 Å². The molecular formula is C25H31N7O4. The van der Waals surface area contributed by atoms with E-state index in [9.17, 15) is 9.59 Å². The van der Waals surface area contributed by atoms with Gasteiger partial charge in [-0.05, 0) is 56.4 Å². The van der Waals surface area contributed by atoms with Crippen LogP contribution in [-0.4, -0.2) is 81.6 Å². The predicted molar refractivity (Wildman–Crippen MR) is 134 cm³/mol. The zero-order valence-corrected chi connectivity index (χ0v) is 20.6. The number of fused-ring (bicyclic) bond motifs is 1. The van der Waals surface area contributed by atoms with Gasteiger partial charge in [-0.3, -0.25) is 4.79 Å². The van der Waals surface area contributed by atoms with Crippen molar-refractivity contribution in [2.45, 2.75) is 44.4 Å². The molecule has 1 unspecified atom stereocenters. The smallest absolute Gasteiger partial charge is 0.404 e. The molecule has 5 rings (SSSR count). The molecule has 4 heterocycles. The molecule has 190 valence electrons. The van der Waals surface area contributed by atoms with E-state index in [0.29, 0.717) is 55.4 Å². The van der Waals surface area contributed by atoms with Crippen molar-refractivity contribution in [2.24, 2.45) is 0 Å². The van der Waals surface area contributed by atoms with Crippen molar-refractivity contribution < 1.29 is 19.4 Å². The van der Waals surface area contributed by atoms with Gasteiger partial charge >= 0.3 is 6.09 Å². The number of hydrogen-bond donors (Lipinski definition) is 2. The Morgan fingerprint density at radius 3 is 2.64 bits per heavy atom. The lowest BCUT2D eigenvalue weighted by molar-refractivity contribution is -0.0365. The maximum Gasteiger partial charge on any atom is 0.404 e. The second-order valence-corrected chi connectivity index (χ2v) is 9.50. The summed E-state index contributed by atoms with van der Waals surface area (Å²) in [4.78, 5) is 36.6. The number of nitrogens with one attached hydrogen (secondary N) is 1. The first-order valence-corrected chi connectivity index (χ1v) is 12.3. The molecule has 2 aliphatic rings. The highest BCUT2D eigenvalue weighted by molar-refractivity contribution is 6.01. The van der Waals surface area contributed by atoms with Crippen LogP contribution in [0.1, 0.15) is 48.7 Å². The van der Waals surface area contributed by atoms with Crippen molar-refractivity contribution in [3.8, 4) is 11.4 Å². The summed E-state index contributed by atoms with van der Waals surface area (Å²) in [5.41, 5.74) is 2.83. The molecule has 2 amide bonds. The number of carbonyl (C=O) groups is 2. The molecule has 2 aromatic heterocycles. The summed E-state index contributed by atoms with van der Waals surface area (Å²) in [6.07, 6.45) is 4.93. The van der Waals surface area contributed by atoms with E-state index in [-0.39, 0.29) is 18.2 Å². The van der Waals surface area contributed by atoms with Gasteiger partial charge in [0, 0.05) is 57.0 Å². The Bertz CT molecular complexity index is 1260. The third-order valence-corrected chi connectivity index (χ3v) is 6.78. The Morgan fingerprint density at radius 2 is 1.94 bits per heavy atom. The van der Waals surface area contributed by atoms with E-state index in [1.807, 2.05) is 28.9 Å². The number of anilines is 1. The van der Waals surface area contributed by atoms with E-state index < -0.39 is 6.09 Å². The summed E-state index contributed by atoms with van der Waals surface area (Å²) in [5, 5.41) is 17.3. The summed E-state index contributed by atoms with van der Waals surface area (Å²) >= 11 is 0. The van der Waals surface area contributed by atoms with E-state index in [2.05, 4.69) is 15.2 Å². The molecule has 0 radical (unpaired) electrons. The van der Waals surface area contributed by atoms with Crippen molar-refractivity contribution in [1.82, 2.24) is 30.0 Å². The first kappa shape index (κ1) is 24.0. The normalized spacial score (nSPS) is 18.8. The fourth-order valence-corrected chi connectivity index (χ4v) is 4.89. The highest BCUT2D eigenvalue weighted by Crippen LogP contribution is 2.33. The third kappa shape index (κ3) is 4.83. The highest BCUT2D eigenvalue weighted by atomic mass is 16.5. The second kappa shape index (κ2) is 10.1. The van der Waals surface area contributed by atoms with E-state index in [0.717, 1.165) is 30.2 Å². The number of carbonyl (C=O) groups excluding carboxylic acids is 1.